The van der Waals surface area contributed by atoms with Crippen LogP contribution in [0.4, 0.5) is 10.6 Å². The van der Waals surface area contributed by atoms with Crippen LogP contribution >= 0.6 is 0 Å². The molecule has 1 aliphatic rings. The number of alkyl carbamates (subject to hydrolysis) is 1. The first-order valence-electron chi connectivity index (χ1n) is 10.2. The fourth-order valence-corrected chi connectivity index (χ4v) is 3.08. The number of carbonyl (C=O) groups excluding carboxylic acids is 2. The second-order valence-corrected chi connectivity index (χ2v) is 8.47. The molecule has 1 unspecified atom stereocenters. The minimum absolute atomic E-state index is 0.0831. The van der Waals surface area contributed by atoms with Crippen molar-refractivity contribution in [3.63, 3.8) is 0 Å². The fourth-order valence-electron chi connectivity index (χ4n) is 3.08. The van der Waals surface area contributed by atoms with E-state index in [0.717, 1.165) is 57.2 Å². The summed E-state index contributed by atoms with van der Waals surface area (Å²) in [7, 11) is 1.72. The highest BCUT2D eigenvalue weighted by atomic mass is 16.6. The second-order valence-electron chi connectivity index (χ2n) is 8.47. The number of hydrogen-bond donors (Lipinski definition) is 1. The fraction of sp³-hybridized carbons (Fsp3) is 0.750. The third-order valence-electron chi connectivity index (χ3n) is 4.65. The maximum Gasteiger partial charge on any atom is 0.407 e. The summed E-state index contributed by atoms with van der Waals surface area (Å²) >= 11 is 0. The topological polar surface area (TPSA) is 88.9 Å². The molecule has 164 valence electrons. The van der Waals surface area contributed by atoms with E-state index in [2.05, 4.69) is 15.3 Å². The Hall–Kier alpha value is -2.13. The first-order valence-corrected chi connectivity index (χ1v) is 10.2. The number of ether oxygens (including phenoxy) is 2. The molecule has 1 aromatic heterocycles. The maximum absolute atomic E-state index is 11.9. The third-order valence-corrected chi connectivity index (χ3v) is 4.65. The molecule has 1 N–H and O–H groups in total. The zero-order valence-corrected chi connectivity index (χ0v) is 18.3. The van der Waals surface area contributed by atoms with Gasteiger partial charge in [0.1, 0.15) is 11.4 Å². The van der Waals surface area contributed by atoms with Crippen molar-refractivity contribution < 1.29 is 19.1 Å². The van der Waals surface area contributed by atoms with E-state index in [9.17, 15) is 9.59 Å². The highest BCUT2D eigenvalue weighted by molar-refractivity contribution is 5.72. The Balaban J connectivity index is 1.92. The molecule has 1 fully saturated rings. The van der Waals surface area contributed by atoms with Crippen LogP contribution in [0.1, 0.15) is 39.8 Å². The molecule has 29 heavy (non-hydrogen) atoms. The molecule has 2 amide bonds. The molecule has 0 aliphatic carbocycles. The van der Waals surface area contributed by atoms with E-state index in [-0.39, 0.29) is 6.04 Å². The number of aromatic nitrogens is 2. The zero-order chi connectivity index (χ0) is 21.4. The van der Waals surface area contributed by atoms with Crippen LogP contribution in [-0.2, 0) is 27.2 Å². The van der Waals surface area contributed by atoms with Gasteiger partial charge in [-0.25, -0.2) is 9.48 Å². The average Bonchev–Trinajstić information content (AvgIpc) is 3.06. The quantitative estimate of drug-likeness (QED) is 0.624. The highest BCUT2D eigenvalue weighted by Gasteiger charge is 2.19. The first-order chi connectivity index (χ1) is 13.7. The van der Waals surface area contributed by atoms with Crippen LogP contribution in [0.25, 0.3) is 0 Å². The lowest BCUT2D eigenvalue weighted by Gasteiger charge is -2.26. The van der Waals surface area contributed by atoms with Crippen molar-refractivity contribution in [2.75, 3.05) is 44.8 Å². The van der Waals surface area contributed by atoms with Gasteiger partial charge in [0.15, 0.2) is 0 Å². The summed E-state index contributed by atoms with van der Waals surface area (Å²) in [5, 5.41) is 7.53. The van der Waals surface area contributed by atoms with Crippen molar-refractivity contribution >= 4 is 18.3 Å². The van der Waals surface area contributed by atoms with Gasteiger partial charge in [-0.2, -0.15) is 5.10 Å². The summed E-state index contributed by atoms with van der Waals surface area (Å²) in [5.41, 5.74) is 0.425. The maximum atomic E-state index is 11.9. The molecule has 0 saturated carbocycles. The summed E-state index contributed by atoms with van der Waals surface area (Å²) in [5.74, 6) is 0.751. The minimum atomic E-state index is -0.527. The van der Waals surface area contributed by atoms with E-state index in [4.69, 9.17) is 9.47 Å². The molecule has 1 aromatic rings. The van der Waals surface area contributed by atoms with Gasteiger partial charge in [0.25, 0.3) is 0 Å². The van der Waals surface area contributed by atoms with Crippen molar-refractivity contribution in [1.82, 2.24) is 20.0 Å². The van der Waals surface area contributed by atoms with Crippen LogP contribution in [0.3, 0.4) is 0 Å². The molecule has 1 saturated heterocycles. The molecule has 1 aliphatic heterocycles. The lowest BCUT2D eigenvalue weighted by atomic mass is 10.2. The van der Waals surface area contributed by atoms with E-state index in [1.165, 1.54) is 4.90 Å². The van der Waals surface area contributed by atoms with Gasteiger partial charge in [0.2, 0.25) is 6.41 Å². The Morgan fingerprint density at radius 1 is 1.38 bits per heavy atom. The molecule has 0 spiro atoms. The number of rotatable bonds is 9. The van der Waals surface area contributed by atoms with Crippen molar-refractivity contribution in [3.05, 3.63) is 11.8 Å². The van der Waals surface area contributed by atoms with Crippen LogP contribution in [0, 0.1) is 0 Å². The van der Waals surface area contributed by atoms with E-state index in [1.807, 2.05) is 38.4 Å². The number of nitrogens with zero attached hydrogens (tertiary/aromatic N) is 4. The monoisotopic (exact) mass is 409 g/mol. The van der Waals surface area contributed by atoms with Crippen molar-refractivity contribution in [3.8, 4) is 0 Å². The normalized spacial score (nSPS) is 16.3. The zero-order valence-electron chi connectivity index (χ0n) is 18.3. The van der Waals surface area contributed by atoms with Gasteiger partial charge in [-0.05, 0) is 34.1 Å². The van der Waals surface area contributed by atoms with Gasteiger partial charge < -0.3 is 19.7 Å². The number of amides is 2. The lowest BCUT2D eigenvalue weighted by molar-refractivity contribution is -0.107. The molecule has 0 aromatic carbocycles. The van der Waals surface area contributed by atoms with Gasteiger partial charge in [0, 0.05) is 51.8 Å². The van der Waals surface area contributed by atoms with Gasteiger partial charge in [0.05, 0.1) is 18.9 Å². The Labute approximate surface area is 173 Å². The molecule has 0 bridgehead atoms. The van der Waals surface area contributed by atoms with Crippen molar-refractivity contribution in [1.29, 1.82) is 0 Å². The van der Waals surface area contributed by atoms with E-state index < -0.39 is 11.7 Å². The highest BCUT2D eigenvalue weighted by Crippen LogP contribution is 2.16. The number of carbonyl (C=O) groups is 2. The Morgan fingerprint density at radius 2 is 2.07 bits per heavy atom. The molecule has 9 nitrogen and oxygen atoms in total. The molecular formula is C20H35N5O4. The first kappa shape index (κ1) is 23.2. The molecular weight excluding hydrogens is 374 g/mol. The van der Waals surface area contributed by atoms with Crippen molar-refractivity contribution in [2.24, 2.45) is 0 Å². The molecule has 0 radical (unpaired) electrons. The minimum Gasteiger partial charge on any atom is -0.444 e. The Bertz CT molecular complexity index is 664. The summed E-state index contributed by atoms with van der Waals surface area (Å²) in [6, 6.07) is 1.88. The third kappa shape index (κ3) is 8.02. The smallest absolute Gasteiger partial charge is 0.407 e. The van der Waals surface area contributed by atoms with Gasteiger partial charge in [-0.3, -0.25) is 9.69 Å². The van der Waals surface area contributed by atoms with Crippen molar-refractivity contribution in [2.45, 2.75) is 58.7 Å². The molecule has 2 heterocycles. The number of hydrogen-bond acceptors (Lipinski definition) is 6. The lowest BCUT2D eigenvalue weighted by Crippen LogP contribution is -2.38. The predicted molar refractivity (Wildman–Crippen MR) is 111 cm³/mol. The summed E-state index contributed by atoms with van der Waals surface area (Å²) < 4.78 is 12.5. The number of nitrogens with one attached hydrogen (secondary N) is 1. The molecule has 1 atom stereocenters. The summed E-state index contributed by atoms with van der Waals surface area (Å²) in [6.07, 6.45) is 1.84. The van der Waals surface area contributed by atoms with E-state index in [1.54, 1.807) is 7.05 Å². The van der Waals surface area contributed by atoms with Gasteiger partial charge in [-0.1, -0.05) is 0 Å². The van der Waals surface area contributed by atoms with E-state index in [0.29, 0.717) is 13.0 Å². The van der Waals surface area contributed by atoms with Crippen LogP contribution in [-0.4, -0.2) is 78.7 Å². The predicted octanol–water partition coefficient (Wildman–Crippen LogP) is 1.65. The van der Waals surface area contributed by atoms with E-state index >= 15 is 0 Å². The molecule has 2 rings (SSSR count). The standard InChI is InChI=1S/C20H35N5O4/c1-16(21-19(27)29-20(2,3)4)6-9-25-18(23(5)15-26)14-17(22-25)7-8-24-10-12-28-13-11-24/h14-16H,6-13H2,1-5H3,(H,21,27). The number of anilines is 1. The SMILES string of the molecule is CC(CCn1nc(CCN2CCOCC2)cc1N(C)C=O)NC(=O)OC(C)(C)C. The largest absolute Gasteiger partial charge is 0.444 e. The molecule has 9 heteroatoms. The summed E-state index contributed by atoms with van der Waals surface area (Å²) in [4.78, 5) is 27.1. The van der Waals surface area contributed by atoms with Crippen LogP contribution < -0.4 is 10.2 Å². The Kier molecular flexibility index (Phi) is 8.45. The number of aryl methyl sites for hydroxylation is 1. The van der Waals surface area contributed by atoms with Gasteiger partial charge in [-0.15, -0.1) is 0 Å². The average molecular weight is 410 g/mol. The summed E-state index contributed by atoms with van der Waals surface area (Å²) in [6.45, 7) is 12.4. The Morgan fingerprint density at radius 3 is 2.69 bits per heavy atom. The second kappa shape index (κ2) is 10.6. The van der Waals surface area contributed by atoms with Gasteiger partial charge >= 0.3 is 6.09 Å². The van der Waals surface area contributed by atoms with Crippen LogP contribution in [0.2, 0.25) is 0 Å². The van der Waals surface area contributed by atoms with Crippen LogP contribution in [0.5, 0.6) is 0 Å². The van der Waals surface area contributed by atoms with Crippen LogP contribution in [0.15, 0.2) is 6.07 Å². The number of morpholine rings is 1.